The largest absolute Gasteiger partial charge is 0.506 e. The number of fused-ring (bicyclic) bond motifs is 2. The predicted octanol–water partition coefficient (Wildman–Crippen LogP) is 4.96. The second kappa shape index (κ2) is 4.53. The minimum absolute atomic E-state index is 0.254. The number of aromatic nitrogens is 1. The zero-order chi connectivity index (χ0) is 14.4. The van der Waals surface area contributed by atoms with Gasteiger partial charge in [0.25, 0.3) is 0 Å². The number of benzene rings is 2. The van der Waals surface area contributed by atoms with Crippen LogP contribution in [0.15, 0.2) is 54.6 Å². The molecule has 102 valence electrons. The van der Waals surface area contributed by atoms with Crippen LogP contribution in [0, 0.1) is 5.82 Å². The first-order valence-corrected chi connectivity index (χ1v) is 7.31. The SMILES string of the molecule is Oc1c(-c2ccc3cc(F)ccc3n2)sc2ccccc12. The highest BCUT2D eigenvalue weighted by Crippen LogP contribution is 2.42. The number of hydrogen-bond acceptors (Lipinski definition) is 3. The van der Waals surface area contributed by atoms with Gasteiger partial charge in [-0.1, -0.05) is 18.2 Å². The average molecular weight is 295 g/mol. The lowest BCUT2D eigenvalue weighted by molar-refractivity contribution is 0.485. The Bertz CT molecular complexity index is 977. The molecule has 21 heavy (non-hydrogen) atoms. The molecule has 0 saturated heterocycles. The summed E-state index contributed by atoms with van der Waals surface area (Å²) in [5.74, 6) is -0.0219. The minimum Gasteiger partial charge on any atom is -0.506 e. The number of thiophene rings is 1. The van der Waals surface area contributed by atoms with Gasteiger partial charge in [-0.3, -0.25) is 0 Å². The summed E-state index contributed by atoms with van der Waals surface area (Å²) in [5.41, 5.74) is 1.42. The third-order valence-electron chi connectivity index (χ3n) is 3.45. The molecule has 4 aromatic rings. The highest BCUT2D eigenvalue weighted by molar-refractivity contribution is 7.22. The van der Waals surface area contributed by atoms with E-state index in [1.54, 1.807) is 6.07 Å². The van der Waals surface area contributed by atoms with Gasteiger partial charge in [0.2, 0.25) is 0 Å². The van der Waals surface area contributed by atoms with E-state index in [4.69, 9.17) is 0 Å². The Morgan fingerprint density at radius 1 is 1.00 bits per heavy atom. The standard InChI is InChI=1S/C17H10FNOS/c18-11-6-8-13-10(9-11)5-7-14(19-13)17-16(20)12-3-1-2-4-15(12)21-17/h1-9,20H. The Labute approximate surface area is 124 Å². The first-order chi connectivity index (χ1) is 10.2. The maximum Gasteiger partial charge on any atom is 0.143 e. The average Bonchev–Trinajstić information content (AvgIpc) is 2.84. The number of nitrogens with zero attached hydrogens (tertiary/aromatic N) is 1. The first-order valence-electron chi connectivity index (χ1n) is 6.49. The summed E-state index contributed by atoms with van der Waals surface area (Å²) in [6.07, 6.45) is 0. The molecule has 0 fully saturated rings. The van der Waals surface area contributed by atoms with Crippen molar-refractivity contribution in [3.8, 4) is 16.3 Å². The molecule has 1 N–H and O–H groups in total. The molecule has 2 aromatic carbocycles. The lowest BCUT2D eigenvalue weighted by atomic mass is 10.1. The first kappa shape index (κ1) is 12.3. The van der Waals surface area contributed by atoms with Crippen LogP contribution in [0.1, 0.15) is 0 Å². The van der Waals surface area contributed by atoms with Crippen molar-refractivity contribution >= 4 is 32.3 Å². The zero-order valence-electron chi connectivity index (χ0n) is 10.9. The van der Waals surface area contributed by atoms with Crippen LogP contribution in [0.25, 0.3) is 31.6 Å². The van der Waals surface area contributed by atoms with Gasteiger partial charge < -0.3 is 5.11 Å². The summed E-state index contributed by atoms with van der Waals surface area (Å²) < 4.78 is 14.2. The van der Waals surface area contributed by atoms with Gasteiger partial charge in [0.15, 0.2) is 0 Å². The zero-order valence-corrected chi connectivity index (χ0v) is 11.7. The number of rotatable bonds is 1. The molecule has 2 nitrogen and oxygen atoms in total. The van der Waals surface area contributed by atoms with Crippen LogP contribution in [-0.2, 0) is 0 Å². The fourth-order valence-corrected chi connectivity index (χ4v) is 3.49. The lowest BCUT2D eigenvalue weighted by Gasteiger charge is -2.02. The molecule has 0 bridgehead atoms. The fourth-order valence-electron chi connectivity index (χ4n) is 2.43. The predicted molar refractivity (Wildman–Crippen MR) is 84.2 cm³/mol. The molecule has 2 aromatic heterocycles. The smallest absolute Gasteiger partial charge is 0.143 e. The van der Waals surface area contributed by atoms with Gasteiger partial charge in [0.05, 0.1) is 16.1 Å². The highest BCUT2D eigenvalue weighted by Gasteiger charge is 2.14. The third-order valence-corrected chi connectivity index (χ3v) is 4.64. The van der Waals surface area contributed by atoms with Gasteiger partial charge in [0, 0.05) is 15.5 Å². The molecule has 0 unspecified atom stereocenters. The Balaban J connectivity index is 1.95. The van der Waals surface area contributed by atoms with Crippen LogP contribution in [0.3, 0.4) is 0 Å². The molecule has 0 spiro atoms. The maximum absolute atomic E-state index is 13.2. The molecule has 0 aliphatic rings. The normalized spacial score (nSPS) is 11.3. The van der Waals surface area contributed by atoms with Crippen molar-refractivity contribution in [3.05, 3.63) is 60.4 Å². The van der Waals surface area contributed by atoms with Gasteiger partial charge in [-0.15, -0.1) is 11.3 Å². The van der Waals surface area contributed by atoms with Crippen LogP contribution in [0.5, 0.6) is 5.75 Å². The highest BCUT2D eigenvalue weighted by atomic mass is 32.1. The molecule has 2 heterocycles. The molecule has 0 radical (unpaired) electrons. The second-order valence-corrected chi connectivity index (χ2v) is 5.86. The van der Waals surface area contributed by atoms with Crippen molar-refractivity contribution in [2.24, 2.45) is 0 Å². The lowest BCUT2D eigenvalue weighted by Crippen LogP contribution is -1.84. The van der Waals surface area contributed by atoms with Gasteiger partial charge in [0.1, 0.15) is 11.6 Å². The van der Waals surface area contributed by atoms with E-state index in [2.05, 4.69) is 4.98 Å². The molecule has 0 amide bonds. The molecular weight excluding hydrogens is 285 g/mol. The minimum atomic E-state index is -0.276. The number of aromatic hydroxyl groups is 1. The van der Waals surface area contributed by atoms with Crippen molar-refractivity contribution < 1.29 is 9.50 Å². The third kappa shape index (κ3) is 1.96. The van der Waals surface area contributed by atoms with Crippen molar-refractivity contribution in [1.82, 2.24) is 4.98 Å². The number of hydrogen-bond donors (Lipinski definition) is 1. The summed E-state index contributed by atoms with van der Waals surface area (Å²) in [5, 5.41) is 12.0. The molecule has 0 aliphatic carbocycles. The summed E-state index contributed by atoms with van der Waals surface area (Å²) in [4.78, 5) is 5.26. The van der Waals surface area contributed by atoms with Crippen molar-refractivity contribution in [2.75, 3.05) is 0 Å². The molecule has 0 aliphatic heterocycles. The van der Waals surface area contributed by atoms with Crippen molar-refractivity contribution in [2.45, 2.75) is 0 Å². The molecule has 4 rings (SSSR count). The van der Waals surface area contributed by atoms with Gasteiger partial charge in [-0.25, -0.2) is 9.37 Å². The monoisotopic (exact) mass is 295 g/mol. The Hall–Kier alpha value is -2.46. The Kier molecular flexibility index (Phi) is 2.65. The van der Waals surface area contributed by atoms with Gasteiger partial charge in [-0.05, 0) is 36.4 Å². The second-order valence-electron chi connectivity index (χ2n) is 4.81. The van der Waals surface area contributed by atoms with Crippen molar-refractivity contribution in [1.29, 1.82) is 0 Å². The molecule has 0 saturated carbocycles. The quantitative estimate of drug-likeness (QED) is 0.538. The van der Waals surface area contributed by atoms with E-state index in [1.807, 2.05) is 36.4 Å². The van der Waals surface area contributed by atoms with Crippen LogP contribution in [-0.4, -0.2) is 10.1 Å². The van der Waals surface area contributed by atoms with E-state index in [-0.39, 0.29) is 11.6 Å². The van der Waals surface area contributed by atoms with Crippen LogP contribution >= 0.6 is 11.3 Å². The fraction of sp³-hybridized carbons (Fsp3) is 0. The maximum atomic E-state index is 13.2. The van der Waals surface area contributed by atoms with Gasteiger partial charge in [-0.2, -0.15) is 0 Å². The summed E-state index contributed by atoms with van der Waals surface area (Å²) in [7, 11) is 0. The molecule has 0 atom stereocenters. The van der Waals surface area contributed by atoms with E-state index in [0.717, 1.165) is 20.3 Å². The number of halogens is 1. The topological polar surface area (TPSA) is 33.1 Å². The summed E-state index contributed by atoms with van der Waals surface area (Å²) in [6, 6.07) is 15.8. The summed E-state index contributed by atoms with van der Waals surface area (Å²) >= 11 is 1.50. The van der Waals surface area contributed by atoms with E-state index in [1.165, 1.54) is 23.5 Å². The van der Waals surface area contributed by atoms with E-state index in [9.17, 15) is 9.50 Å². The van der Waals surface area contributed by atoms with E-state index >= 15 is 0 Å². The van der Waals surface area contributed by atoms with Gasteiger partial charge >= 0.3 is 0 Å². The Morgan fingerprint density at radius 2 is 1.86 bits per heavy atom. The van der Waals surface area contributed by atoms with Crippen LogP contribution < -0.4 is 0 Å². The molecular formula is C17H10FNOS. The van der Waals surface area contributed by atoms with Crippen LogP contribution in [0.4, 0.5) is 4.39 Å². The van der Waals surface area contributed by atoms with Crippen LogP contribution in [0.2, 0.25) is 0 Å². The Morgan fingerprint density at radius 3 is 2.71 bits per heavy atom. The van der Waals surface area contributed by atoms with E-state index < -0.39 is 0 Å². The van der Waals surface area contributed by atoms with E-state index in [0.29, 0.717) is 11.2 Å². The number of pyridine rings is 1. The van der Waals surface area contributed by atoms with Crippen molar-refractivity contribution in [3.63, 3.8) is 0 Å². The molecule has 4 heteroatoms. The summed E-state index contributed by atoms with van der Waals surface area (Å²) in [6.45, 7) is 0.